The molecule has 2 nitrogen and oxygen atoms in total. The summed E-state index contributed by atoms with van der Waals surface area (Å²) in [7, 11) is 0. The minimum absolute atomic E-state index is 0.0832. The van der Waals surface area contributed by atoms with Gasteiger partial charge in [-0.2, -0.15) is 4.57 Å². The van der Waals surface area contributed by atoms with Crippen LogP contribution in [0.1, 0.15) is 167 Å². The molecule has 8 aliphatic rings. The number of benzene rings is 4. The van der Waals surface area contributed by atoms with Crippen LogP contribution in [-0.2, 0) is 27.1 Å². The molecule has 0 aliphatic heterocycles. The smallest absolute Gasteiger partial charge is 0.219 e. The molecule has 0 amide bonds. The van der Waals surface area contributed by atoms with E-state index in [-0.39, 0.29) is 16.2 Å². The van der Waals surface area contributed by atoms with Crippen LogP contribution >= 0.6 is 0 Å². The fourth-order valence-corrected chi connectivity index (χ4v) is 15.4. The maximum Gasteiger partial charge on any atom is 0.219 e. The van der Waals surface area contributed by atoms with Crippen LogP contribution < -0.4 is 4.57 Å². The summed E-state index contributed by atoms with van der Waals surface area (Å²) in [5.41, 5.74) is 15.2. The SMILES string of the molecule is CC(C)(C)c1ccc(-c2cc(-c3ccc(C45CC6CC(CC(C6)C4)C5)cc3)[n+](-c3cc(C(C)(C)C)c(O)c(C(C)(C)C)c3)c(-c3ccc(C45CC6CC(CC(C6)C4)C5)cc3)c2)cc1. The lowest BCUT2D eigenvalue weighted by molar-refractivity contribution is -0.572. The first-order valence-corrected chi connectivity index (χ1v) is 25.1. The normalized spacial score (nSPS) is 29.7. The molecule has 1 aromatic heterocycles. The molecule has 63 heavy (non-hydrogen) atoms. The highest BCUT2D eigenvalue weighted by Crippen LogP contribution is 2.62. The van der Waals surface area contributed by atoms with E-state index in [4.69, 9.17) is 0 Å². The highest BCUT2D eigenvalue weighted by atomic mass is 16.3. The van der Waals surface area contributed by atoms with E-state index >= 15 is 0 Å². The Morgan fingerprint density at radius 1 is 0.413 bits per heavy atom. The molecule has 5 aromatic rings. The van der Waals surface area contributed by atoms with Crippen LogP contribution in [0.15, 0.2) is 97.1 Å². The Balaban J connectivity index is 1.13. The molecule has 328 valence electrons. The van der Waals surface area contributed by atoms with Crippen molar-refractivity contribution in [2.24, 2.45) is 35.5 Å². The summed E-state index contributed by atoms with van der Waals surface area (Å²) in [6.45, 7) is 20.3. The minimum atomic E-state index is -0.255. The topological polar surface area (TPSA) is 24.1 Å². The molecule has 8 fully saturated rings. The zero-order valence-electron chi connectivity index (χ0n) is 40.1. The molecule has 0 spiro atoms. The molecule has 1 N–H and O–H groups in total. The summed E-state index contributed by atoms with van der Waals surface area (Å²) in [5, 5.41) is 12.1. The van der Waals surface area contributed by atoms with Crippen molar-refractivity contribution in [3.05, 3.63) is 125 Å². The van der Waals surface area contributed by atoms with Crippen molar-refractivity contribution in [1.82, 2.24) is 0 Å². The van der Waals surface area contributed by atoms with Crippen LogP contribution in [0.5, 0.6) is 5.75 Å². The summed E-state index contributed by atoms with van der Waals surface area (Å²) < 4.78 is 2.55. The maximum atomic E-state index is 12.1. The van der Waals surface area contributed by atoms with Gasteiger partial charge in [0, 0.05) is 46.5 Å². The second-order valence-corrected chi connectivity index (χ2v) is 25.6. The van der Waals surface area contributed by atoms with E-state index in [9.17, 15) is 5.11 Å². The Morgan fingerprint density at radius 2 is 0.746 bits per heavy atom. The zero-order valence-corrected chi connectivity index (χ0v) is 40.1. The molecular formula is C61H74NO+. The van der Waals surface area contributed by atoms with Crippen molar-refractivity contribution in [3.63, 3.8) is 0 Å². The van der Waals surface area contributed by atoms with Crippen molar-refractivity contribution >= 4 is 0 Å². The lowest BCUT2D eigenvalue weighted by Crippen LogP contribution is -2.48. The Hall–Kier alpha value is -4.17. The predicted octanol–water partition coefficient (Wildman–Crippen LogP) is 15.5. The third-order valence-corrected chi connectivity index (χ3v) is 17.8. The maximum absolute atomic E-state index is 12.1. The van der Waals surface area contributed by atoms with Gasteiger partial charge in [0.2, 0.25) is 17.1 Å². The Bertz CT molecular complexity index is 2330. The van der Waals surface area contributed by atoms with Gasteiger partial charge in [-0.05, 0) is 192 Å². The monoisotopic (exact) mass is 837 g/mol. The largest absolute Gasteiger partial charge is 0.507 e. The first-order chi connectivity index (χ1) is 29.8. The number of nitrogens with zero attached hydrogens (tertiary/aromatic N) is 1. The van der Waals surface area contributed by atoms with E-state index in [0.717, 1.165) is 52.3 Å². The number of aromatic nitrogens is 1. The summed E-state index contributed by atoms with van der Waals surface area (Å²) in [6.07, 6.45) is 17.0. The average molecular weight is 837 g/mol. The van der Waals surface area contributed by atoms with Gasteiger partial charge < -0.3 is 5.11 Å². The molecule has 2 heteroatoms. The van der Waals surface area contributed by atoms with Crippen molar-refractivity contribution in [3.8, 4) is 45.1 Å². The molecule has 0 saturated heterocycles. The third-order valence-electron chi connectivity index (χ3n) is 17.8. The van der Waals surface area contributed by atoms with Gasteiger partial charge in [0.25, 0.3) is 0 Å². The van der Waals surface area contributed by atoms with Crippen molar-refractivity contribution in [1.29, 1.82) is 0 Å². The van der Waals surface area contributed by atoms with Gasteiger partial charge >= 0.3 is 0 Å². The van der Waals surface area contributed by atoms with Gasteiger partial charge in [-0.15, -0.1) is 0 Å². The molecule has 0 unspecified atom stereocenters. The predicted molar refractivity (Wildman–Crippen MR) is 262 cm³/mol. The fourth-order valence-electron chi connectivity index (χ4n) is 15.4. The molecule has 1 heterocycles. The van der Waals surface area contributed by atoms with Crippen LogP contribution in [0.2, 0.25) is 0 Å². The average Bonchev–Trinajstić information content (AvgIpc) is 3.21. The molecule has 4 aromatic carbocycles. The lowest BCUT2D eigenvalue weighted by Gasteiger charge is -2.57. The molecule has 8 saturated carbocycles. The summed E-state index contributed by atoms with van der Waals surface area (Å²) in [6, 6.07) is 38.8. The highest BCUT2D eigenvalue weighted by Gasteiger charge is 2.53. The van der Waals surface area contributed by atoms with Crippen LogP contribution in [0.25, 0.3) is 39.3 Å². The van der Waals surface area contributed by atoms with Crippen molar-refractivity contribution < 1.29 is 9.67 Å². The second-order valence-electron chi connectivity index (χ2n) is 25.6. The van der Waals surface area contributed by atoms with E-state index in [1.54, 1.807) is 11.1 Å². The zero-order chi connectivity index (χ0) is 43.8. The van der Waals surface area contributed by atoms with Crippen LogP contribution in [0.4, 0.5) is 0 Å². The number of phenolic OH excluding ortho intramolecular Hbond substituents is 1. The van der Waals surface area contributed by atoms with Crippen LogP contribution in [-0.4, -0.2) is 5.11 Å². The van der Waals surface area contributed by atoms with E-state index in [1.807, 2.05) is 0 Å². The number of hydrogen-bond acceptors (Lipinski definition) is 1. The van der Waals surface area contributed by atoms with Gasteiger partial charge in [0.1, 0.15) is 5.75 Å². The van der Waals surface area contributed by atoms with Crippen LogP contribution in [0.3, 0.4) is 0 Å². The number of hydrogen-bond donors (Lipinski definition) is 1. The lowest BCUT2D eigenvalue weighted by atomic mass is 9.48. The van der Waals surface area contributed by atoms with Crippen molar-refractivity contribution in [2.75, 3.05) is 0 Å². The molecule has 13 rings (SSSR count). The number of phenols is 1. The van der Waals surface area contributed by atoms with Gasteiger partial charge in [0.15, 0.2) is 0 Å². The summed E-state index contributed by atoms with van der Waals surface area (Å²) in [5.74, 6) is 5.93. The van der Waals surface area contributed by atoms with Gasteiger partial charge in [0.05, 0.1) is 0 Å². The number of rotatable bonds is 6. The van der Waals surface area contributed by atoms with Gasteiger partial charge in [-0.3, -0.25) is 0 Å². The Labute approximate surface area is 380 Å². The Kier molecular flexibility index (Phi) is 9.50. The molecular weight excluding hydrogens is 763 g/mol. The van der Waals surface area contributed by atoms with Gasteiger partial charge in [-0.25, -0.2) is 0 Å². The first-order valence-electron chi connectivity index (χ1n) is 25.1. The number of pyridine rings is 1. The van der Waals surface area contributed by atoms with E-state index in [1.165, 1.54) is 116 Å². The first kappa shape index (κ1) is 41.5. The van der Waals surface area contributed by atoms with E-state index < -0.39 is 0 Å². The summed E-state index contributed by atoms with van der Waals surface area (Å²) >= 11 is 0. The number of aromatic hydroxyl groups is 1. The standard InChI is InChI=1S/C61H73NO/c1-57(2,3)48-16-10-44(11-17-48)47-28-54(45-12-18-49(19-13-45)60-32-38-22-39(33-60)24-40(23-38)34-60)62(51-30-52(58(4,5)6)56(63)53(31-51)59(7,8)9)55(29-47)46-14-20-50(21-15-46)61-35-41-25-42(36-61)27-43(26-41)37-61/h10-21,28-31,38-43H,22-27,32-37H2,1-9H3/p+1. The summed E-state index contributed by atoms with van der Waals surface area (Å²) in [4.78, 5) is 0. The van der Waals surface area contributed by atoms with Gasteiger partial charge in [-0.1, -0.05) is 111 Å². The fraction of sp³-hybridized carbons (Fsp3) is 0.525. The quantitative estimate of drug-likeness (QED) is 0.169. The van der Waals surface area contributed by atoms with Crippen molar-refractivity contribution in [2.45, 2.75) is 166 Å². The molecule has 8 aliphatic carbocycles. The third kappa shape index (κ3) is 7.24. The highest BCUT2D eigenvalue weighted by molar-refractivity contribution is 5.75. The van der Waals surface area contributed by atoms with E-state index in [0.29, 0.717) is 16.6 Å². The van der Waals surface area contributed by atoms with E-state index in [2.05, 4.69) is 164 Å². The second kappa shape index (κ2) is 14.4. The Morgan fingerprint density at radius 3 is 1.06 bits per heavy atom. The molecule has 0 atom stereocenters. The molecule has 8 bridgehead atoms. The van der Waals surface area contributed by atoms with Crippen LogP contribution in [0, 0.1) is 35.5 Å². The minimum Gasteiger partial charge on any atom is -0.507 e. The molecule has 0 radical (unpaired) electrons.